The Morgan fingerprint density at radius 2 is 2.38 bits per heavy atom. The molecule has 0 aliphatic carbocycles. The maximum Gasteiger partial charge on any atom is 0.236 e. The summed E-state index contributed by atoms with van der Waals surface area (Å²) in [5.41, 5.74) is 0. The molecular weight excluding hydrogens is 248 g/mol. The number of nitrogens with zero attached hydrogens (tertiary/aromatic N) is 1. The molecule has 1 rings (SSSR count). The third-order valence-corrected chi connectivity index (χ3v) is 3.64. The van der Waals surface area contributed by atoms with Crippen LogP contribution in [0.3, 0.4) is 0 Å². The predicted octanol–water partition coefficient (Wildman–Crippen LogP) is 0.608. The Kier molecular flexibility index (Phi) is 9.12. The SMILES string of the molecule is COCCNCC(=O)N1CCSCC1C.Cl. The van der Waals surface area contributed by atoms with E-state index in [1.54, 1.807) is 7.11 Å². The number of rotatable bonds is 5. The first kappa shape index (κ1) is 16.0. The van der Waals surface area contributed by atoms with Crippen LogP contribution in [0.25, 0.3) is 0 Å². The number of carbonyl (C=O) groups is 1. The van der Waals surface area contributed by atoms with Gasteiger partial charge in [-0.15, -0.1) is 12.4 Å². The number of amides is 1. The fourth-order valence-electron chi connectivity index (χ4n) is 1.57. The van der Waals surface area contributed by atoms with Gasteiger partial charge in [-0.25, -0.2) is 0 Å². The minimum Gasteiger partial charge on any atom is -0.383 e. The van der Waals surface area contributed by atoms with Crippen LogP contribution < -0.4 is 5.32 Å². The van der Waals surface area contributed by atoms with Crippen LogP contribution in [-0.2, 0) is 9.53 Å². The number of hydrogen-bond acceptors (Lipinski definition) is 4. The van der Waals surface area contributed by atoms with Crippen molar-refractivity contribution in [1.82, 2.24) is 10.2 Å². The third-order valence-electron chi connectivity index (χ3n) is 2.45. The molecule has 1 amide bonds. The lowest BCUT2D eigenvalue weighted by Gasteiger charge is -2.33. The molecule has 1 aliphatic heterocycles. The molecule has 1 heterocycles. The second-order valence-corrected chi connectivity index (χ2v) is 4.83. The predicted molar refractivity (Wildman–Crippen MR) is 70.5 cm³/mol. The Hall–Kier alpha value is 0.0300. The molecule has 1 atom stereocenters. The number of methoxy groups -OCH3 is 1. The summed E-state index contributed by atoms with van der Waals surface area (Å²) in [4.78, 5) is 13.8. The minimum atomic E-state index is 0. The number of hydrogen-bond donors (Lipinski definition) is 1. The molecular formula is C10H21ClN2O2S. The summed E-state index contributed by atoms with van der Waals surface area (Å²) in [5, 5.41) is 3.08. The lowest BCUT2D eigenvalue weighted by molar-refractivity contribution is -0.131. The highest BCUT2D eigenvalue weighted by molar-refractivity contribution is 7.99. The summed E-state index contributed by atoms with van der Waals surface area (Å²) < 4.78 is 4.90. The van der Waals surface area contributed by atoms with Crippen LogP contribution in [-0.4, -0.2) is 61.7 Å². The monoisotopic (exact) mass is 268 g/mol. The van der Waals surface area contributed by atoms with E-state index in [1.165, 1.54) is 0 Å². The fraction of sp³-hybridized carbons (Fsp3) is 0.900. The van der Waals surface area contributed by atoms with Crippen molar-refractivity contribution in [3.63, 3.8) is 0 Å². The zero-order valence-electron chi connectivity index (χ0n) is 9.90. The van der Waals surface area contributed by atoms with Crippen LogP contribution in [0, 0.1) is 0 Å². The van der Waals surface area contributed by atoms with Crippen molar-refractivity contribution in [1.29, 1.82) is 0 Å². The van der Waals surface area contributed by atoms with E-state index < -0.39 is 0 Å². The van der Waals surface area contributed by atoms with Crippen molar-refractivity contribution in [3.05, 3.63) is 0 Å². The summed E-state index contributed by atoms with van der Waals surface area (Å²) in [6.45, 7) is 4.81. The summed E-state index contributed by atoms with van der Waals surface area (Å²) in [6.07, 6.45) is 0. The summed E-state index contributed by atoms with van der Waals surface area (Å²) in [7, 11) is 1.66. The average Bonchev–Trinajstić information content (AvgIpc) is 2.25. The van der Waals surface area contributed by atoms with Crippen molar-refractivity contribution in [2.24, 2.45) is 0 Å². The van der Waals surface area contributed by atoms with Crippen molar-refractivity contribution in [2.45, 2.75) is 13.0 Å². The van der Waals surface area contributed by atoms with Gasteiger partial charge in [-0.1, -0.05) is 0 Å². The number of halogens is 1. The van der Waals surface area contributed by atoms with Gasteiger partial charge in [0.25, 0.3) is 0 Å². The molecule has 0 saturated carbocycles. The van der Waals surface area contributed by atoms with Crippen molar-refractivity contribution in [2.75, 3.05) is 44.9 Å². The molecule has 1 aliphatic rings. The van der Waals surface area contributed by atoms with Crippen molar-refractivity contribution in [3.8, 4) is 0 Å². The number of thioether (sulfide) groups is 1. The average molecular weight is 269 g/mol. The van der Waals surface area contributed by atoms with Gasteiger partial charge >= 0.3 is 0 Å². The zero-order valence-corrected chi connectivity index (χ0v) is 11.5. The van der Waals surface area contributed by atoms with Gasteiger partial charge in [-0.3, -0.25) is 4.79 Å². The summed E-state index contributed by atoms with van der Waals surface area (Å²) in [5.74, 6) is 2.33. The van der Waals surface area contributed by atoms with E-state index in [0.29, 0.717) is 19.2 Å². The molecule has 4 nitrogen and oxygen atoms in total. The maximum atomic E-state index is 11.8. The highest BCUT2D eigenvalue weighted by Crippen LogP contribution is 2.15. The Morgan fingerprint density at radius 1 is 1.62 bits per heavy atom. The highest BCUT2D eigenvalue weighted by atomic mass is 35.5. The molecule has 0 aromatic carbocycles. The first-order valence-corrected chi connectivity index (χ1v) is 6.48. The topological polar surface area (TPSA) is 41.6 Å². The van der Waals surface area contributed by atoms with Gasteiger partial charge in [0.2, 0.25) is 5.91 Å². The largest absolute Gasteiger partial charge is 0.383 e. The second-order valence-electron chi connectivity index (χ2n) is 3.68. The Labute approximate surface area is 108 Å². The normalized spacial score (nSPS) is 20.4. The van der Waals surface area contributed by atoms with Gasteiger partial charge < -0.3 is 15.0 Å². The standard InChI is InChI=1S/C10H20N2O2S.ClH/c1-9-8-15-6-4-12(9)10(13)7-11-3-5-14-2;/h9,11H,3-8H2,1-2H3;1H. The van der Waals surface area contributed by atoms with E-state index in [2.05, 4.69) is 12.2 Å². The van der Waals surface area contributed by atoms with Gasteiger partial charge in [0, 0.05) is 37.7 Å². The molecule has 1 fully saturated rings. The highest BCUT2D eigenvalue weighted by Gasteiger charge is 2.22. The molecule has 1 saturated heterocycles. The first-order chi connectivity index (χ1) is 7.25. The molecule has 0 aromatic rings. The smallest absolute Gasteiger partial charge is 0.236 e. The van der Waals surface area contributed by atoms with Crippen LogP contribution >= 0.6 is 24.2 Å². The van der Waals surface area contributed by atoms with Gasteiger partial charge in [-0.2, -0.15) is 11.8 Å². The quantitative estimate of drug-likeness (QED) is 0.742. The van der Waals surface area contributed by atoms with Crippen LogP contribution in [0.4, 0.5) is 0 Å². The van der Waals surface area contributed by atoms with E-state index in [4.69, 9.17) is 4.74 Å². The summed E-state index contributed by atoms with van der Waals surface area (Å²) in [6, 6.07) is 0.375. The Morgan fingerprint density at radius 3 is 3.00 bits per heavy atom. The molecule has 0 bridgehead atoms. The molecule has 16 heavy (non-hydrogen) atoms. The Balaban J connectivity index is 0.00000225. The molecule has 6 heteroatoms. The lowest BCUT2D eigenvalue weighted by Crippen LogP contribution is -2.48. The van der Waals surface area contributed by atoms with Crippen LogP contribution in [0.1, 0.15) is 6.92 Å². The Bertz CT molecular complexity index is 207. The zero-order chi connectivity index (χ0) is 11.1. The van der Waals surface area contributed by atoms with E-state index in [-0.39, 0.29) is 18.3 Å². The van der Waals surface area contributed by atoms with Gasteiger partial charge in [0.15, 0.2) is 0 Å². The molecule has 1 unspecified atom stereocenters. The molecule has 0 radical (unpaired) electrons. The first-order valence-electron chi connectivity index (χ1n) is 5.32. The second kappa shape index (κ2) is 9.10. The number of nitrogens with one attached hydrogen (secondary N) is 1. The minimum absolute atomic E-state index is 0. The molecule has 1 N–H and O–H groups in total. The van der Waals surface area contributed by atoms with Gasteiger partial charge in [-0.05, 0) is 6.92 Å². The van der Waals surface area contributed by atoms with Gasteiger partial charge in [0.1, 0.15) is 0 Å². The molecule has 0 aromatic heterocycles. The van der Waals surface area contributed by atoms with Crippen LogP contribution in [0.5, 0.6) is 0 Å². The number of ether oxygens (including phenoxy) is 1. The van der Waals surface area contributed by atoms with E-state index in [9.17, 15) is 4.79 Å². The third kappa shape index (κ3) is 5.39. The molecule has 0 spiro atoms. The lowest BCUT2D eigenvalue weighted by atomic mass is 10.3. The van der Waals surface area contributed by atoms with Crippen LogP contribution in [0.2, 0.25) is 0 Å². The van der Waals surface area contributed by atoms with E-state index >= 15 is 0 Å². The van der Waals surface area contributed by atoms with E-state index in [1.807, 2.05) is 16.7 Å². The van der Waals surface area contributed by atoms with Crippen molar-refractivity contribution >= 4 is 30.1 Å². The fourth-order valence-corrected chi connectivity index (χ4v) is 2.58. The van der Waals surface area contributed by atoms with Crippen molar-refractivity contribution < 1.29 is 9.53 Å². The maximum absolute atomic E-state index is 11.8. The number of carbonyl (C=O) groups excluding carboxylic acids is 1. The van der Waals surface area contributed by atoms with E-state index in [0.717, 1.165) is 24.6 Å². The van der Waals surface area contributed by atoms with Crippen LogP contribution in [0.15, 0.2) is 0 Å². The molecule has 96 valence electrons. The van der Waals surface area contributed by atoms with Gasteiger partial charge in [0.05, 0.1) is 13.2 Å². The summed E-state index contributed by atoms with van der Waals surface area (Å²) >= 11 is 1.92.